The van der Waals surface area contributed by atoms with E-state index in [1.165, 1.54) is 32.0 Å². The van der Waals surface area contributed by atoms with Crippen LogP contribution in [-0.2, 0) is 9.59 Å². The average molecular weight is 379 g/mol. The second-order valence-electron chi connectivity index (χ2n) is 5.52. The number of halogens is 2. The van der Waals surface area contributed by atoms with E-state index < -0.39 is 23.0 Å². The normalized spacial score (nSPS) is 11.0. The van der Waals surface area contributed by atoms with Gasteiger partial charge in [-0.3, -0.25) is 9.59 Å². The lowest BCUT2D eigenvalue weighted by Gasteiger charge is -2.23. The van der Waals surface area contributed by atoms with Crippen molar-refractivity contribution in [3.63, 3.8) is 0 Å². The Labute approximate surface area is 142 Å². The molecule has 4 nitrogen and oxygen atoms in total. The Morgan fingerprint density at radius 3 is 2.30 bits per heavy atom. The molecule has 0 saturated carbocycles. The number of para-hydroxylation sites is 1. The predicted molar refractivity (Wildman–Crippen MR) is 91.6 cm³/mol. The number of carbonyl (C=O) groups is 2. The molecular weight excluding hydrogens is 363 g/mol. The van der Waals surface area contributed by atoms with Gasteiger partial charge in [0, 0.05) is 10.2 Å². The van der Waals surface area contributed by atoms with Crippen LogP contribution in [0.5, 0.6) is 0 Å². The Bertz CT molecular complexity index is 747. The molecule has 0 fully saturated rings. The molecule has 0 bridgehead atoms. The number of hydrogen-bond donors (Lipinski definition) is 2. The Morgan fingerprint density at radius 2 is 1.65 bits per heavy atom. The highest BCUT2D eigenvalue weighted by atomic mass is 79.9. The van der Waals surface area contributed by atoms with Crippen LogP contribution in [0.3, 0.4) is 0 Å². The fraction of sp³-hybridized carbons (Fsp3) is 0.176. The maximum absolute atomic E-state index is 13.6. The summed E-state index contributed by atoms with van der Waals surface area (Å²) in [6, 6.07) is 12.8. The molecular formula is C17H16BrFN2O2. The molecule has 120 valence electrons. The Morgan fingerprint density at radius 1 is 1.00 bits per heavy atom. The fourth-order valence-electron chi connectivity index (χ4n) is 1.80. The van der Waals surface area contributed by atoms with Crippen LogP contribution in [0.1, 0.15) is 13.8 Å². The van der Waals surface area contributed by atoms with E-state index in [1.807, 2.05) is 6.07 Å². The van der Waals surface area contributed by atoms with Crippen LogP contribution < -0.4 is 10.6 Å². The van der Waals surface area contributed by atoms with Crippen molar-refractivity contribution in [3.8, 4) is 0 Å². The van der Waals surface area contributed by atoms with Crippen LogP contribution in [0.25, 0.3) is 0 Å². The van der Waals surface area contributed by atoms with Crippen molar-refractivity contribution in [2.24, 2.45) is 5.41 Å². The highest BCUT2D eigenvalue weighted by Crippen LogP contribution is 2.23. The molecule has 2 aromatic carbocycles. The third-order valence-electron chi connectivity index (χ3n) is 3.34. The Kier molecular flexibility index (Phi) is 5.15. The van der Waals surface area contributed by atoms with Gasteiger partial charge < -0.3 is 10.6 Å². The molecule has 0 aliphatic rings. The number of anilines is 2. The zero-order chi connectivity index (χ0) is 17.0. The SMILES string of the molecule is CC(C)(C(=O)Nc1cccc(Br)c1)C(=O)Nc1ccccc1F. The van der Waals surface area contributed by atoms with Gasteiger partial charge in [0.2, 0.25) is 11.8 Å². The molecule has 6 heteroatoms. The molecule has 0 aliphatic carbocycles. The molecule has 0 radical (unpaired) electrons. The van der Waals surface area contributed by atoms with E-state index in [9.17, 15) is 14.0 Å². The molecule has 0 unspecified atom stereocenters. The van der Waals surface area contributed by atoms with Crippen molar-refractivity contribution in [1.82, 2.24) is 0 Å². The van der Waals surface area contributed by atoms with Crippen LogP contribution in [0.4, 0.5) is 15.8 Å². The quantitative estimate of drug-likeness (QED) is 0.783. The minimum atomic E-state index is -1.37. The number of benzene rings is 2. The lowest BCUT2D eigenvalue weighted by molar-refractivity contribution is -0.135. The van der Waals surface area contributed by atoms with Crippen LogP contribution in [-0.4, -0.2) is 11.8 Å². The van der Waals surface area contributed by atoms with E-state index in [4.69, 9.17) is 0 Å². The lowest BCUT2D eigenvalue weighted by Crippen LogP contribution is -2.41. The van der Waals surface area contributed by atoms with Crippen LogP contribution in [0.15, 0.2) is 53.0 Å². The third-order valence-corrected chi connectivity index (χ3v) is 3.83. The summed E-state index contributed by atoms with van der Waals surface area (Å²) in [5, 5.41) is 5.13. The summed E-state index contributed by atoms with van der Waals surface area (Å²) in [6.45, 7) is 2.97. The first kappa shape index (κ1) is 17.1. The van der Waals surface area contributed by atoms with Crippen molar-refractivity contribution >= 4 is 39.1 Å². The van der Waals surface area contributed by atoms with E-state index in [2.05, 4.69) is 26.6 Å². The van der Waals surface area contributed by atoms with Gasteiger partial charge in [-0.1, -0.05) is 34.1 Å². The Balaban J connectivity index is 2.11. The van der Waals surface area contributed by atoms with E-state index in [0.29, 0.717) is 5.69 Å². The maximum atomic E-state index is 13.6. The smallest absolute Gasteiger partial charge is 0.239 e. The molecule has 0 atom stereocenters. The molecule has 0 heterocycles. The van der Waals surface area contributed by atoms with E-state index in [-0.39, 0.29) is 5.69 Å². The van der Waals surface area contributed by atoms with Gasteiger partial charge in [0.15, 0.2) is 0 Å². The summed E-state index contributed by atoms with van der Waals surface area (Å²) in [4.78, 5) is 24.7. The van der Waals surface area contributed by atoms with Gasteiger partial charge in [-0.05, 0) is 44.2 Å². The molecule has 0 aliphatic heterocycles. The third kappa shape index (κ3) is 4.16. The molecule has 2 aromatic rings. The summed E-state index contributed by atoms with van der Waals surface area (Å²) in [7, 11) is 0. The second kappa shape index (κ2) is 6.91. The number of nitrogens with one attached hydrogen (secondary N) is 2. The number of amides is 2. The zero-order valence-electron chi connectivity index (χ0n) is 12.7. The highest BCUT2D eigenvalue weighted by molar-refractivity contribution is 9.10. The van der Waals surface area contributed by atoms with Crippen molar-refractivity contribution < 1.29 is 14.0 Å². The molecule has 2 rings (SSSR count). The molecule has 0 spiro atoms. The van der Waals surface area contributed by atoms with Crippen molar-refractivity contribution in [2.75, 3.05) is 10.6 Å². The largest absolute Gasteiger partial charge is 0.325 e. The molecule has 0 saturated heterocycles. The highest BCUT2D eigenvalue weighted by Gasteiger charge is 2.36. The number of rotatable bonds is 4. The summed E-state index contributed by atoms with van der Waals surface area (Å²) in [5.74, 6) is -1.62. The minimum absolute atomic E-state index is 0.0424. The topological polar surface area (TPSA) is 58.2 Å². The molecule has 2 N–H and O–H groups in total. The summed E-state index contributed by atoms with van der Waals surface area (Å²) >= 11 is 3.31. The molecule has 23 heavy (non-hydrogen) atoms. The average Bonchev–Trinajstić information content (AvgIpc) is 2.49. The van der Waals surface area contributed by atoms with Gasteiger partial charge in [-0.2, -0.15) is 0 Å². The number of hydrogen-bond acceptors (Lipinski definition) is 2. The second-order valence-corrected chi connectivity index (χ2v) is 6.44. The Hall–Kier alpha value is -2.21. The van der Waals surface area contributed by atoms with Crippen molar-refractivity contribution in [1.29, 1.82) is 0 Å². The van der Waals surface area contributed by atoms with E-state index in [0.717, 1.165) is 4.47 Å². The van der Waals surface area contributed by atoms with Gasteiger partial charge in [-0.15, -0.1) is 0 Å². The minimum Gasteiger partial charge on any atom is -0.325 e. The molecule has 2 amide bonds. The van der Waals surface area contributed by atoms with Crippen LogP contribution >= 0.6 is 15.9 Å². The van der Waals surface area contributed by atoms with Crippen molar-refractivity contribution in [3.05, 3.63) is 58.8 Å². The van der Waals surface area contributed by atoms with Crippen LogP contribution in [0, 0.1) is 11.2 Å². The first-order valence-electron chi connectivity index (χ1n) is 6.93. The van der Waals surface area contributed by atoms with Gasteiger partial charge in [0.1, 0.15) is 11.2 Å². The standard InChI is InChI=1S/C17H16BrFN2O2/c1-17(2,15(22)20-12-7-5-6-11(18)10-12)16(23)21-14-9-4-3-8-13(14)19/h3-10H,1-2H3,(H,20,22)(H,21,23). The first-order chi connectivity index (χ1) is 10.8. The van der Waals surface area contributed by atoms with E-state index >= 15 is 0 Å². The summed E-state index contributed by atoms with van der Waals surface area (Å²) < 4.78 is 14.4. The fourth-order valence-corrected chi connectivity index (χ4v) is 2.20. The van der Waals surface area contributed by atoms with Gasteiger partial charge in [0.05, 0.1) is 5.69 Å². The predicted octanol–water partition coefficient (Wildman–Crippen LogP) is 4.19. The van der Waals surface area contributed by atoms with Gasteiger partial charge >= 0.3 is 0 Å². The number of carbonyl (C=O) groups excluding carboxylic acids is 2. The lowest BCUT2D eigenvalue weighted by atomic mass is 9.90. The van der Waals surface area contributed by atoms with Crippen LogP contribution in [0.2, 0.25) is 0 Å². The van der Waals surface area contributed by atoms with Crippen molar-refractivity contribution in [2.45, 2.75) is 13.8 Å². The summed E-state index contributed by atoms with van der Waals surface area (Å²) in [5.41, 5.74) is -0.762. The molecule has 0 aromatic heterocycles. The zero-order valence-corrected chi connectivity index (χ0v) is 14.3. The van der Waals surface area contributed by atoms with Gasteiger partial charge in [-0.25, -0.2) is 4.39 Å². The van der Waals surface area contributed by atoms with Gasteiger partial charge in [0.25, 0.3) is 0 Å². The first-order valence-corrected chi connectivity index (χ1v) is 7.73. The maximum Gasteiger partial charge on any atom is 0.239 e. The summed E-state index contributed by atoms with van der Waals surface area (Å²) in [6.07, 6.45) is 0. The monoisotopic (exact) mass is 378 g/mol. The van der Waals surface area contributed by atoms with E-state index in [1.54, 1.807) is 24.3 Å².